The molecule has 1 heteroatoms. The molecule has 72 valence electrons. The van der Waals surface area contributed by atoms with Gasteiger partial charge in [0.05, 0.1) is 0 Å². The lowest BCUT2D eigenvalue weighted by Crippen LogP contribution is -2.55. The van der Waals surface area contributed by atoms with E-state index in [4.69, 9.17) is 0 Å². The molecular formula is C12H18O. The highest BCUT2D eigenvalue weighted by molar-refractivity contribution is 5.86. The third-order valence-corrected chi connectivity index (χ3v) is 5.06. The van der Waals surface area contributed by atoms with Crippen molar-refractivity contribution in [2.45, 2.75) is 45.4 Å². The molecule has 0 heterocycles. The van der Waals surface area contributed by atoms with E-state index in [0.29, 0.717) is 17.1 Å². The number of carbonyl (C=O) groups is 1. The zero-order valence-electron chi connectivity index (χ0n) is 8.38. The molecule has 0 bridgehead atoms. The van der Waals surface area contributed by atoms with Crippen LogP contribution in [-0.4, -0.2) is 5.78 Å². The standard InChI is InChI=1S/C12H18O/c1-12-7-6-10(13)11(12)8-4-2-3-5-9(8)12/h8-9,11H,2-7H2,1H3/t8-,9-,11-,12-/m0/s1. The molecule has 3 aliphatic rings. The number of hydrogen-bond acceptors (Lipinski definition) is 1. The fraction of sp³-hybridized carbons (Fsp3) is 0.917. The van der Waals surface area contributed by atoms with E-state index in [1.807, 2.05) is 0 Å². The van der Waals surface area contributed by atoms with Crippen LogP contribution in [0.15, 0.2) is 0 Å². The Hall–Kier alpha value is -0.330. The molecule has 0 aromatic rings. The fourth-order valence-electron chi connectivity index (χ4n) is 4.47. The van der Waals surface area contributed by atoms with Crippen LogP contribution in [0.4, 0.5) is 0 Å². The minimum Gasteiger partial charge on any atom is -0.299 e. The van der Waals surface area contributed by atoms with Gasteiger partial charge in [0.2, 0.25) is 0 Å². The molecule has 0 aromatic heterocycles. The molecule has 0 aliphatic heterocycles. The Labute approximate surface area is 79.9 Å². The highest BCUT2D eigenvalue weighted by atomic mass is 16.1. The summed E-state index contributed by atoms with van der Waals surface area (Å²) < 4.78 is 0. The fourth-order valence-corrected chi connectivity index (χ4v) is 4.47. The lowest BCUT2D eigenvalue weighted by atomic mass is 9.45. The van der Waals surface area contributed by atoms with Gasteiger partial charge in [0.15, 0.2) is 0 Å². The molecule has 13 heavy (non-hydrogen) atoms. The molecule has 3 aliphatic carbocycles. The third kappa shape index (κ3) is 0.812. The van der Waals surface area contributed by atoms with Crippen LogP contribution in [0.5, 0.6) is 0 Å². The van der Waals surface area contributed by atoms with Crippen molar-refractivity contribution < 1.29 is 4.79 Å². The van der Waals surface area contributed by atoms with Gasteiger partial charge >= 0.3 is 0 Å². The normalized spacial score (nSPS) is 53.9. The minimum atomic E-state index is 0.447. The Balaban J connectivity index is 1.91. The first-order valence-corrected chi connectivity index (χ1v) is 5.76. The number of Topliss-reactive ketones (excluding diaryl/α,β-unsaturated/α-hetero) is 1. The summed E-state index contributed by atoms with van der Waals surface area (Å²) in [6, 6.07) is 0. The van der Waals surface area contributed by atoms with Gasteiger partial charge in [-0.2, -0.15) is 0 Å². The molecule has 0 amide bonds. The van der Waals surface area contributed by atoms with Gasteiger partial charge in [-0.3, -0.25) is 4.79 Å². The zero-order chi connectivity index (χ0) is 9.05. The molecule has 0 radical (unpaired) electrons. The van der Waals surface area contributed by atoms with E-state index in [9.17, 15) is 4.79 Å². The van der Waals surface area contributed by atoms with Crippen LogP contribution in [0.2, 0.25) is 0 Å². The molecular weight excluding hydrogens is 160 g/mol. The van der Waals surface area contributed by atoms with Crippen molar-refractivity contribution in [2.24, 2.45) is 23.2 Å². The number of fused-ring (bicyclic) bond motifs is 4. The predicted octanol–water partition coefficient (Wildman–Crippen LogP) is 2.79. The van der Waals surface area contributed by atoms with E-state index in [0.717, 1.165) is 18.3 Å². The minimum absolute atomic E-state index is 0.447. The van der Waals surface area contributed by atoms with E-state index in [-0.39, 0.29) is 0 Å². The summed E-state index contributed by atoms with van der Waals surface area (Å²) in [5.74, 6) is 2.79. The largest absolute Gasteiger partial charge is 0.299 e. The first kappa shape index (κ1) is 8.02. The maximum Gasteiger partial charge on any atom is 0.136 e. The lowest BCUT2D eigenvalue weighted by Gasteiger charge is -2.58. The smallest absolute Gasteiger partial charge is 0.136 e. The Morgan fingerprint density at radius 3 is 2.92 bits per heavy atom. The molecule has 0 saturated heterocycles. The second-order valence-electron chi connectivity index (χ2n) is 5.50. The van der Waals surface area contributed by atoms with Crippen LogP contribution >= 0.6 is 0 Å². The van der Waals surface area contributed by atoms with Gasteiger partial charge in [0, 0.05) is 12.3 Å². The van der Waals surface area contributed by atoms with E-state index in [1.54, 1.807) is 0 Å². The van der Waals surface area contributed by atoms with Crippen molar-refractivity contribution in [1.29, 1.82) is 0 Å². The summed E-state index contributed by atoms with van der Waals surface area (Å²) in [7, 11) is 0. The van der Waals surface area contributed by atoms with Crippen molar-refractivity contribution in [1.82, 2.24) is 0 Å². The van der Waals surface area contributed by atoms with Crippen LogP contribution in [0.25, 0.3) is 0 Å². The van der Waals surface area contributed by atoms with E-state index in [2.05, 4.69) is 6.92 Å². The van der Waals surface area contributed by atoms with Gasteiger partial charge in [-0.15, -0.1) is 0 Å². The van der Waals surface area contributed by atoms with Gasteiger partial charge in [0.1, 0.15) is 5.78 Å². The van der Waals surface area contributed by atoms with E-state index >= 15 is 0 Å². The van der Waals surface area contributed by atoms with Crippen LogP contribution in [0.1, 0.15) is 45.4 Å². The number of ketones is 1. The average Bonchev–Trinajstić information content (AvgIpc) is 2.38. The Kier molecular flexibility index (Phi) is 1.46. The van der Waals surface area contributed by atoms with Gasteiger partial charge in [-0.1, -0.05) is 19.8 Å². The summed E-state index contributed by atoms with van der Waals surface area (Å²) in [5.41, 5.74) is 0.447. The monoisotopic (exact) mass is 178 g/mol. The first-order chi connectivity index (χ1) is 6.23. The molecule has 0 N–H and O–H groups in total. The molecule has 3 fully saturated rings. The first-order valence-electron chi connectivity index (χ1n) is 5.76. The predicted molar refractivity (Wildman–Crippen MR) is 51.3 cm³/mol. The van der Waals surface area contributed by atoms with E-state index in [1.165, 1.54) is 32.1 Å². The molecule has 1 nitrogen and oxygen atoms in total. The quantitative estimate of drug-likeness (QED) is 0.557. The van der Waals surface area contributed by atoms with Crippen LogP contribution < -0.4 is 0 Å². The number of rotatable bonds is 0. The van der Waals surface area contributed by atoms with Crippen LogP contribution in [0.3, 0.4) is 0 Å². The highest BCUT2D eigenvalue weighted by Gasteiger charge is 2.63. The average molecular weight is 178 g/mol. The highest BCUT2D eigenvalue weighted by Crippen LogP contribution is 2.66. The maximum atomic E-state index is 11.7. The maximum absolute atomic E-state index is 11.7. The molecule has 3 saturated carbocycles. The summed E-state index contributed by atoms with van der Waals surface area (Å²) in [6.07, 6.45) is 7.62. The van der Waals surface area contributed by atoms with Gasteiger partial charge in [0.25, 0.3) is 0 Å². The SMILES string of the molecule is C[C@@]12CCC(=O)[C@@H]1[C@H]1CCCC[C@@H]12. The topological polar surface area (TPSA) is 17.1 Å². The molecule has 0 aromatic carbocycles. The number of hydrogen-bond donors (Lipinski definition) is 0. The molecule has 0 spiro atoms. The second kappa shape index (κ2) is 2.37. The second-order valence-corrected chi connectivity index (χ2v) is 5.50. The van der Waals surface area contributed by atoms with Crippen molar-refractivity contribution in [3.05, 3.63) is 0 Å². The molecule has 4 atom stereocenters. The van der Waals surface area contributed by atoms with Crippen molar-refractivity contribution in [2.75, 3.05) is 0 Å². The number of carbonyl (C=O) groups excluding carboxylic acids is 1. The van der Waals surface area contributed by atoms with Gasteiger partial charge in [-0.25, -0.2) is 0 Å². The van der Waals surface area contributed by atoms with Crippen molar-refractivity contribution >= 4 is 5.78 Å². The Bertz CT molecular complexity index is 258. The van der Waals surface area contributed by atoms with Crippen molar-refractivity contribution in [3.63, 3.8) is 0 Å². The van der Waals surface area contributed by atoms with Crippen LogP contribution in [-0.2, 0) is 4.79 Å². The van der Waals surface area contributed by atoms with Crippen LogP contribution in [0, 0.1) is 23.2 Å². The Morgan fingerprint density at radius 1 is 1.31 bits per heavy atom. The summed E-state index contributed by atoms with van der Waals surface area (Å²) in [4.78, 5) is 11.7. The summed E-state index contributed by atoms with van der Waals surface area (Å²) >= 11 is 0. The third-order valence-electron chi connectivity index (χ3n) is 5.06. The Morgan fingerprint density at radius 2 is 2.08 bits per heavy atom. The van der Waals surface area contributed by atoms with Gasteiger partial charge in [-0.05, 0) is 36.5 Å². The molecule has 3 rings (SSSR count). The zero-order valence-corrected chi connectivity index (χ0v) is 8.38. The summed E-state index contributed by atoms with van der Waals surface area (Å²) in [5, 5.41) is 0. The summed E-state index contributed by atoms with van der Waals surface area (Å²) in [6.45, 7) is 2.37. The lowest BCUT2D eigenvalue weighted by molar-refractivity contribution is -0.148. The van der Waals surface area contributed by atoms with Crippen molar-refractivity contribution in [3.8, 4) is 0 Å². The van der Waals surface area contributed by atoms with E-state index < -0.39 is 0 Å². The van der Waals surface area contributed by atoms with Gasteiger partial charge < -0.3 is 0 Å². The molecule has 0 unspecified atom stereocenters.